The molecule has 8 heteroatoms. The highest BCUT2D eigenvalue weighted by Gasteiger charge is 2.22. The number of nitrogens with one attached hydrogen (secondary N) is 1. The molecule has 0 saturated carbocycles. The van der Waals surface area contributed by atoms with E-state index in [9.17, 15) is 8.78 Å². The molecular weight excluding hydrogens is 356 g/mol. The van der Waals surface area contributed by atoms with Crippen molar-refractivity contribution in [1.29, 1.82) is 0 Å². The van der Waals surface area contributed by atoms with Gasteiger partial charge in [-0.15, -0.1) is 5.10 Å². The molecule has 0 radical (unpaired) electrons. The minimum atomic E-state index is -2.69. The number of aromatic nitrogens is 2. The van der Waals surface area contributed by atoms with Crippen molar-refractivity contribution in [3.63, 3.8) is 0 Å². The van der Waals surface area contributed by atoms with Crippen LogP contribution in [-0.2, 0) is 0 Å². The molecule has 0 spiro atoms. The molecule has 124 valence electrons. The normalized spacial score (nSPS) is 12.7. The summed E-state index contributed by atoms with van der Waals surface area (Å²) in [6, 6.07) is 7.76. The number of thiocarbonyl (C=S) groups is 1. The summed E-state index contributed by atoms with van der Waals surface area (Å²) in [5.41, 5.74) is 1.55. The van der Waals surface area contributed by atoms with E-state index in [2.05, 4.69) is 35.7 Å². The first-order chi connectivity index (χ1) is 10.9. The van der Waals surface area contributed by atoms with Crippen LogP contribution in [0.5, 0.6) is 0 Å². The van der Waals surface area contributed by atoms with E-state index in [1.165, 1.54) is 0 Å². The fourth-order valence-electron chi connectivity index (χ4n) is 2.12. The maximum atomic E-state index is 12.9. The van der Waals surface area contributed by atoms with Gasteiger partial charge in [-0.1, -0.05) is 48.8 Å². The molecule has 1 heterocycles. The Bertz CT molecular complexity index is 673. The van der Waals surface area contributed by atoms with Gasteiger partial charge in [-0.05, 0) is 35.3 Å². The van der Waals surface area contributed by atoms with Crippen LogP contribution in [0.4, 0.5) is 14.5 Å². The third kappa shape index (κ3) is 4.68. The molecule has 0 aliphatic heterocycles. The molecule has 1 unspecified atom stereocenters. The molecule has 0 aliphatic carbocycles. The average molecular weight is 374 g/mol. The van der Waals surface area contributed by atoms with Crippen LogP contribution in [-0.4, -0.2) is 19.8 Å². The van der Waals surface area contributed by atoms with E-state index in [0.29, 0.717) is 5.25 Å². The second kappa shape index (κ2) is 8.12. The van der Waals surface area contributed by atoms with Crippen molar-refractivity contribution in [2.75, 3.05) is 5.32 Å². The van der Waals surface area contributed by atoms with Crippen molar-refractivity contribution >= 4 is 46.2 Å². The highest BCUT2D eigenvalue weighted by atomic mass is 32.2. The number of alkyl halides is 2. The monoisotopic (exact) mass is 373 g/mol. The Labute approximate surface area is 148 Å². The molecule has 2 rings (SSSR count). The molecule has 23 heavy (non-hydrogen) atoms. The summed E-state index contributed by atoms with van der Waals surface area (Å²) in [5, 5.41) is 7.29. The number of hydrogen-bond acceptors (Lipinski definition) is 5. The van der Waals surface area contributed by atoms with Crippen LogP contribution in [0.2, 0.25) is 0 Å². The standard InChI is InChI=1S/C15H17F2N3S3/c1-8(2)22-9(3)10-6-4-5-7-11(10)18-15(21)13-12(14(16)17)19-20-23-13/h4-9,14H,1-3H3,(H,18,21). The van der Waals surface area contributed by atoms with Gasteiger partial charge in [0.2, 0.25) is 0 Å². The molecular formula is C15H17F2N3S3. The number of anilines is 1. The van der Waals surface area contributed by atoms with Gasteiger partial charge in [0, 0.05) is 10.9 Å². The fraction of sp³-hybridized carbons (Fsp3) is 0.400. The first kappa shape index (κ1) is 18.2. The van der Waals surface area contributed by atoms with Gasteiger partial charge < -0.3 is 5.32 Å². The van der Waals surface area contributed by atoms with Crippen LogP contribution < -0.4 is 5.32 Å². The summed E-state index contributed by atoms with van der Waals surface area (Å²) < 4.78 is 29.4. The van der Waals surface area contributed by atoms with Gasteiger partial charge in [0.25, 0.3) is 6.43 Å². The van der Waals surface area contributed by atoms with Gasteiger partial charge >= 0.3 is 0 Å². The maximum absolute atomic E-state index is 12.9. The molecule has 2 aromatic rings. The molecule has 1 aromatic carbocycles. The first-order valence-corrected chi connectivity index (χ1v) is 9.18. The molecule has 3 nitrogen and oxygen atoms in total. The second-order valence-corrected chi connectivity index (χ2v) is 8.24. The van der Waals surface area contributed by atoms with E-state index in [1.54, 1.807) is 0 Å². The summed E-state index contributed by atoms with van der Waals surface area (Å²) in [6.07, 6.45) is -2.69. The largest absolute Gasteiger partial charge is 0.345 e. The van der Waals surface area contributed by atoms with Crippen molar-refractivity contribution < 1.29 is 8.78 Å². The predicted octanol–water partition coefficient (Wildman–Crippen LogP) is 5.47. The minimum absolute atomic E-state index is 0.217. The molecule has 1 atom stereocenters. The molecule has 0 aliphatic rings. The number of thioether (sulfide) groups is 1. The van der Waals surface area contributed by atoms with E-state index in [0.717, 1.165) is 22.8 Å². The molecule has 0 fully saturated rings. The molecule has 1 N–H and O–H groups in total. The van der Waals surface area contributed by atoms with Crippen molar-refractivity contribution in [2.24, 2.45) is 0 Å². The van der Waals surface area contributed by atoms with Gasteiger partial charge in [-0.2, -0.15) is 11.8 Å². The van der Waals surface area contributed by atoms with E-state index in [4.69, 9.17) is 12.2 Å². The Balaban J connectivity index is 2.23. The summed E-state index contributed by atoms with van der Waals surface area (Å²) >= 11 is 7.99. The summed E-state index contributed by atoms with van der Waals surface area (Å²) in [4.78, 5) is 0.443. The lowest BCUT2D eigenvalue weighted by molar-refractivity contribution is 0.146. The zero-order valence-corrected chi connectivity index (χ0v) is 15.4. The van der Waals surface area contributed by atoms with Gasteiger partial charge in [-0.3, -0.25) is 0 Å². The molecule has 0 bridgehead atoms. The van der Waals surface area contributed by atoms with Crippen LogP contribution >= 0.6 is 35.5 Å². The Kier molecular flexibility index (Phi) is 6.43. The predicted molar refractivity (Wildman–Crippen MR) is 97.8 cm³/mol. The van der Waals surface area contributed by atoms with E-state index < -0.39 is 6.43 Å². The van der Waals surface area contributed by atoms with Crippen LogP contribution in [0, 0.1) is 0 Å². The summed E-state index contributed by atoms with van der Waals surface area (Å²) in [6.45, 7) is 6.40. The second-order valence-electron chi connectivity index (χ2n) is 5.16. The SMILES string of the molecule is CC(C)SC(C)c1ccccc1NC(=S)c1snnc1C(F)F. The Hall–Kier alpha value is -1.12. The van der Waals surface area contributed by atoms with Gasteiger partial charge in [0.05, 0.1) is 0 Å². The molecule has 0 amide bonds. The van der Waals surface area contributed by atoms with Crippen LogP contribution in [0.1, 0.15) is 48.6 Å². The van der Waals surface area contributed by atoms with Crippen LogP contribution in [0.25, 0.3) is 0 Å². The average Bonchev–Trinajstić information content (AvgIpc) is 2.96. The lowest BCUT2D eigenvalue weighted by atomic mass is 10.1. The number of para-hydroxylation sites is 1. The van der Waals surface area contributed by atoms with Gasteiger partial charge in [0.15, 0.2) is 5.69 Å². The van der Waals surface area contributed by atoms with Gasteiger partial charge in [0.1, 0.15) is 9.87 Å². The Morgan fingerprint density at radius 1 is 1.26 bits per heavy atom. The van der Waals surface area contributed by atoms with Gasteiger partial charge in [-0.25, -0.2) is 8.78 Å². The summed E-state index contributed by atoms with van der Waals surface area (Å²) in [5.74, 6) is 0. The number of halogens is 2. The topological polar surface area (TPSA) is 37.8 Å². The number of benzene rings is 1. The zero-order valence-electron chi connectivity index (χ0n) is 12.9. The quantitative estimate of drug-likeness (QED) is 0.680. The zero-order chi connectivity index (χ0) is 17.0. The lowest BCUT2D eigenvalue weighted by Gasteiger charge is -2.19. The highest BCUT2D eigenvalue weighted by molar-refractivity contribution is 8.00. The Morgan fingerprint density at radius 2 is 1.96 bits per heavy atom. The van der Waals surface area contributed by atoms with Crippen molar-refractivity contribution in [3.8, 4) is 0 Å². The Morgan fingerprint density at radius 3 is 2.61 bits per heavy atom. The minimum Gasteiger partial charge on any atom is -0.345 e. The van der Waals surface area contributed by atoms with E-state index in [1.807, 2.05) is 36.0 Å². The third-order valence-corrected chi connectivity index (χ3v) is 5.45. The number of nitrogens with zero attached hydrogens (tertiary/aromatic N) is 2. The van der Waals surface area contributed by atoms with Crippen molar-refractivity contribution in [2.45, 2.75) is 37.7 Å². The molecule has 1 aromatic heterocycles. The lowest BCUT2D eigenvalue weighted by Crippen LogP contribution is -2.13. The summed E-state index contributed by atoms with van der Waals surface area (Å²) in [7, 11) is 0. The highest BCUT2D eigenvalue weighted by Crippen LogP contribution is 2.36. The number of hydrogen-bond donors (Lipinski definition) is 1. The van der Waals surface area contributed by atoms with Crippen LogP contribution in [0.3, 0.4) is 0 Å². The van der Waals surface area contributed by atoms with E-state index in [-0.39, 0.29) is 20.8 Å². The van der Waals surface area contributed by atoms with Crippen molar-refractivity contribution in [3.05, 3.63) is 40.4 Å². The van der Waals surface area contributed by atoms with E-state index >= 15 is 0 Å². The smallest absolute Gasteiger partial charge is 0.283 e. The number of rotatable bonds is 6. The first-order valence-electron chi connectivity index (χ1n) is 7.06. The van der Waals surface area contributed by atoms with Crippen molar-refractivity contribution in [1.82, 2.24) is 9.59 Å². The maximum Gasteiger partial charge on any atom is 0.283 e. The molecule has 0 saturated heterocycles. The van der Waals surface area contributed by atoms with Crippen LogP contribution in [0.15, 0.2) is 24.3 Å². The fourth-order valence-corrected chi connectivity index (χ4v) is 4.19. The third-order valence-electron chi connectivity index (χ3n) is 3.05.